The van der Waals surface area contributed by atoms with Crippen LogP contribution in [-0.2, 0) is 6.42 Å². The predicted octanol–water partition coefficient (Wildman–Crippen LogP) is 2.30. The van der Waals surface area contributed by atoms with Crippen LogP contribution in [-0.4, -0.2) is 23.7 Å². The molecule has 0 saturated carbocycles. The number of carbonyl (C=O) groups is 1. The van der Waals surface area contributed by atoms with Gasteiger partial charge in [-0.15, -0.1) is 0 Å². The quantitative estimate of drug-likeness (QED) is 0.888. The number of benzene rings is 2. The lowest BCUT2D eigenvalue weighted by molar-refractivity contribution is 0.0911. The Morgan fingerprint density at radius 1 is 1.14 bits per heavy atom. The molecule has 0 heterocycles. The summed E-state index contributed by atoms with van der Waals surface area (Å²) in [5, 5.41) is 12.2. The molecule has 0 aliphatic heterocycles. The summed E-state index contributed by atoms with van der Waals surface area (Å²) in [5.74, 6) is -2.24. The summed E-state index contributed by atoms with van der Waals surface area (Å²) in [6.07, 6.45) is -0.430. The number of halogens is 2. The molecule has 3 nitrogen and oxygen atoms in total. The molecule has 5 heteroatoms. The third-order valence-corrected chi connectivity index (χ3v) is 2.99. The molecule has 2 aromatic rings. The van der Waals surface area contributed by atoms with Crippen molar-refractivity contribution in [3.05, 3.63) is 71.3 Å². The summed E-state index contributed by atoms with van der Waals surface area (Å²) >= 11 is 0. The molecule has 110 valence electrons. The summed E-state index contributed by atoms with van der Waals surface area (Å²) in [6.45, 7) is -0.0380. The highest BCUT2D eigenvalue weighted by Gasteiger charge is 2.14. The number of nitrogens with one attached hydrogen (secondary N) is 1. The molecular formula is C16H15F2NO2. The summed E-state index contributed by atoms with van der Waals surface area (Å²) < 4.78 is 26.4. The molecule has 0 saturated heterocycles. The SMILES string of the molecule is O=C(NCC(O)Cc1ccccc1)c1cc(F)ccc1F. The third-order valence-electron chi connectivity index (χ3n) is 2.99. The van der Waals surface area contributed by atoms with Gasteiger partial charge < -0.3 is 10.4 Å². The van der Waals surface area contributed by atoms with Crippen molar-refractivity contribution in [3.63, 3.8) is 0 Å². The van der Waals surface area contributed by atoms with Crippen molar-refractivity contribution in [3.8, 4) is 0 Å². The van der Waals surface area contributed by atoms with Gasteiger partial charge in [-0.25, -0.2) is 8.78 Å². The van der Waals surface area contributed by atoms with Crippen molar-refractivity contribution < 1.29 is 18.7 Å². The topological polar surface area (TPSA) is 49.3 Å². The molecule has 0 aromatic heterocycles. The minimum Gasteiger partial charge on any atom is -0.391 e. The average Bonchev–Trinajstić information content (AvgIpc) is 2.48. The first-order valence-electron chi connectivity index (χ1n) is 6.51. The summed E-state index contributed by atoms with van der Waals surface area (Å²) in [6, 6.07) is 11.9. The average molecular weight is 291 g/mol. The molecule has 1 amide bonds. The van der Waals surface area contributed by atoms with E-state index in [9.17, 15) is 18.7 Å². The van der Waals surface area contributed by atoms with Crippen LogP contribution >= 0.6 is 0 Å². The fraction of sp³-hybridized carbons (Fsp3) is 0.188. The summed E-state index contributed by atoms with van der Waals surface area (Å²) in [7, 11) is 0. The lowest BCUT2D eigenvalue weighted by atomic mass is 10.1. The van der Waals surface area contributed by atoms with Crippen molar-refractivity contribution in [2.75, 3.05) is 6.54 Å². The van der Waals surface area contributed by atoms with Crippen molar-refractivity contribution in [1.82, 2.24) is 5.32 Å². The van der Waals surface area contributed by atoms with Gasteiger partial charge in [0.1, 0.15) is 11.6 Å². The highest BCUT2D eigenvalue weighted by Crippen LogP contribution is 2.09. The van der Waals surface area contributed by atoms with E-state index in [-0.39, 0.29) is 12.1 Å². The maximum absolute atomic E-state index is 13.4. The van der Waals surface area contributed by atoms with Crippen LogP contribution in [0, 0.1) is 11.6 Å². The molecule has 0 fully saturated rings. The highest BCUT2D eigenvalue weighted by molar-refractivity contribution is 5.94. The van der Waals surface area contributed by atoms with Crippen LogP contribution in [0.25, 0.3) is 0 Å². The molecule has 1 unspecified atom stereocenters. The Balaban J connectivity index is 1.90. The lowest BCUT2D eigenvalue weighted by Gasteiger charge is -2.12. The minimum atomic E-state index is -0.800. The lowest BCUT2D eigenvalue weighted by Crippen LogP contribution is -2.33. The molecule has 0 bridgehead atoms. The zero-order chi connectivity index (χ0) is 15.2. The molecule has 21 heavy (non-hydrogen) atoms. The zero-order valence-electron chi connectivity index (χ0n) is 11.2. The Morgan fingerprint density at radius 2 is 1.86 bits per heavy atom. The Labute approximate surface area is 121 Å². The van der Waals surface area contributed by atoms with E-state index in [1.54, 1.807) is 0 Å². The van der Waals surface area contributed by atoms with E-state index in [4.69, 9.17) is 0 Å². The highest BCUT2D eigenvalue weighted by atomic mass is 19.1. The molecule has 2 N–H and O–H groups in total. The third kappa shape index (κ3) is 4.36. The van der Waals surface area contributed by atoms with Gasteiger partial charge in [0.15, 0.2) is 0 Å². The number of carbonyl (C=O) groups excluding carboxylic acids is 1. The van der Waals surface area contributed by atoms with Crippen molar-refractivity contribution >= 4 is 5.91 Å². The predicted molar refractivity (Wildman–Crippen MR) is 74.8 cm³/mol. The standard InChI is InChI=1S/C16H15F2NO2/c17-12-6-7-15(18)14(9-12)16(21)19-10-13(20)8-11-4-2-1-3-5-11/h1-7,9,13,20H,8,10H2,(H,19,21). The Bertz CT molecular complexity index is 617. The smallest absolute Gasteiger partial charge is 0.254 e. The van der Waals surface area contributed by atoms with Gasteiger partial charge in [-0.1, -0.05) is 30.3 Å². The largest absolute Gasteiger partial charge is 0.391 e. The number of hydrogen-bond donors (Lipinski definition) is 2. The Morgan fingerprint density at radius 3 is 2.57 bits per heavy atom. The number of aliphatic hydroxyl groups excluding tert-OH is 1. The first kappa shape index (κ1) is 15.1. The molecular weight excluding hydrogens is 276 g/mol. The van der Waals surface area contributed by atoms with Gasteiger partial charge in [-0.2, -0.15) is 0 Å². The van der Waals surface area contributed by atoms with Crippen LogP contribution in [0.3, 0.4) is 0 Å². The van der Waals surface area contributed by atoms with Crippen LogP contribution in [0.5, 0.6) is 0 Å². The monoisotopic (exact) mass is 291 g/mol. The molecule has 0 radical (unpaired) electrons. The molecule has 0 aliphatic rings. The maximum Gasteiger partial charge on any atom is 0.254 e. The molecule has 2 rings (SSSR count). The summed E-state index contributed by atoms with van der Waals surface area (Å²) in [4.78, 5) is 11.7. The van der Waals surface area contributed by atoms with Gasteiger partial charge in [0.2, 0.25) is 0 Å². The van der Waals surface area contributed by atoms with Gasteiger partial charge in [0.25, 0.3) is 5.91 Å². The van der Waals surface area contributed by atoms with Crippen molar-refractivity contribution in [1.29, 1.82) is 0 Å². The maximum atomic E-state index is 13.4. The molecule has 2 aromatic carbocycles. The van der Waals surface area contributed by atoms with Gasteiger partial charge in [-0.3, -0.25) is 4.79 Å². The number of aliphatic hydroxyl groups is 1. The van der Waals surface area contributed by atoms with Crippen LogP contribution in [0.15, 0.2) is 48.5 Å². The molecule has 0 aliphatic carbocycles. The fourth-order valence-corrected chi connectivity index (χ4v) is 1.94. The normalized spacial score (nSPS) is 12.0. The summed E-state index contributed by atoms with van der Waals surface area (Å²) in [5.41, 5.74) is 0.554. The number of rotatable bonds is 5. The Hall–Kier alpha value is -2.27. The van der Waals surface area contributed by atoms with Gasteiger partial charge >= 0.3 is 0 Å². The number of amides is 1. The van der Waals surface area contributed by atoms with E-state index in [0.29, 0.717) is 6.42 Å². The Kier molecular flexibility index (Phi) is 5.00. The van der Waals surface area contributed by atoms with Crippen LogP contribution in [0.2, 0.25) is 0 Å². The van der Waals surface area contributed by atoms with Crippen LogP contribution in [0.1, 0.15) is 15.9 Å². The van der Waals surface area contributed by atoms with E-state index in [1.807, 2.05) is 30.3 Å². The van der Waals surface area contributed by atoms with Gasteiger partial charge in [0, 0.05) is 13.0 Å². The first-order valence-corrected chi connectivity index (χ1v) is 6.51. The van der Waals surface area contributed by atoms with Gasteiger partial charge in [0.05, 0.1) is 11.7 Å². The van der Waals surface area contributed by atoms with E-state index >= 15 is 0 Å². The second kappa shape index (κ2) is 6.95. The van der Waals surface area contributed by atoms with Crippen molar-refractivity contribution in [2.45, 2.75) is 12.5 Å². The van der Waals surface area contributed by atoms with Crippen LogP contribution in [0.4, 0.5) is 8.78 Å². The van der Waals surface area contributed by atoms with Crippen molar-refractivity contribution in [2.24, 2.45) is 0 Å². The van der Waals surface area contributed by atoms with E-state index < -0.39 is 23.6 Å². The molecule has 1 atom stereocenters. The second-order valence-electron chi connectivity index (χ2n) is 4.68. The number of hydrogen-bond acceptors (Lipinski definition) is 2. The van der Waals surface area contributed by atoms with E-state index in [0.717, 1.165) is 23.8 Å². The van der Waals surface area contributed by atoms with Gasteiger partial charge in [-0.05, 0) is 23.8 Å². The second-order valence-corrected chi connectivity index (χ2v) is 4.68. The fourth-order valence-electron chi connectivity index (χ4n) is 1.94. The van der Waals surface area contributed by atoms with E-state index in [2.05, 4.69) is 5.32 Å². The van der Waals surface area contributed by atoms with E-state index in [1.165, 1.54) is 0 Å². The first-order chi connectivity index (χ1) is 10.1. The van der Waals surface area contributed by atoms with Crippen LogP contribution < -0.4 is 5.32 Å². The minimum absolute atomic E-state index is 0.0380. The zero-order valence-corrected chi connectivity index (χ0v) is 11.2. The molecule has 0 spiro atoms.